The Kier molecular flexibility index (Phi) is 4.68. The van der Waals surface area contributed by atoms with Gasteiger partial charge in [0.1, 0.15) is 11.6 Å². The lowest BCUT2D eigenvalue weighted by Gasteiger charge is -2.08. The zero-order valence-electron chi connectivity index (χ0n) is 12.0. The van der Waals surface area contributed by atoms with E-state index in [-0.39, 0.29) is 5.82 Å². The standard InChI is InChI=1S/C17H13ClFN3O/c18-13-3-1-12(2-4-13)11-21-17-20-10-9-16(22-17)23-15-7-5-14(19)6-8-15/h1-10H,11H2,(H,20,21,22). The van der Waals surface area contributed by atoms with Crippen molar-refractivity contribution in [3.05, 3.63) is 77.2 Å². The van der Waals surface area contributed by atoms with Crippen LogP contribution in [0.2, 0.25) is 5.02 Å². The Bertz CT molecular complexity index is 779. The molecule has 0 atom stereocenters. The van der Waals surface area contributed by atoms with Crippen molar-refractivity contribution in [2.24, 2.45) is 0 Å². The minimum Gasteiger partial charge on any atom is -0.439 e. The summed E-state index contributed by atoms with van der Waals surface area (Å²) in [5.41, 5.74) is 1.06. The number of nitrogens with zero attached hydrogens (tertiary/aromatic N) is 2. The Hall–Kier alpha value is -2.66. The molecule has 23 heavy (non-hydrogen) atoms. The van der Waals surface area contributed by atoms with Crippen molar-refractivity contribution in [3.63, 3.8) is 0 Å². The van der Waals surface area contributed by atoms with Crippen molar-refractivity contribution < 1.29 is 9.13 Å². The Morgan fingerprint density at radius 2 is 1.74 bits per heavy atom. The zero-order chi connectivity index (χ0) is 16.1. The molecule has 0 spiro atoms. The van der Waals surface area contributed by atoms with Crippen LogP contribution in [0.25, 0.3) is 0 Å². The van der Waals surface area contributed by atoms with Crippen LogP contribution in [0.15, 0.2) is 60.8 Å². The summed E-state index contributed by atoms with van der Waals surface area (Å²) in [4.78, 5) is 8.40. The van der Waals surface area contributed by atoms with E-state index in [1.165, 1.54) is 24.3 Å². The predicted octanol–water partition coefficient (Wildman–Crippen LogP) is 4.67. The molecule has 1 heterocycles. The van der Waals surface area contributed by atoms with Crippen molar-refractivity contribution in [2.75, 3.05) is 5.32 Å². The quantitative estimate of drug-likeness (QED) is 0.738. The fraction of sp³-hybridized carbons (Fsp3) is 0.0588. The highest BCUT2D eigenvalue weighted by Crippen LogP contribution is 2.20. The van der Waals surface area contributed by atoms with Crippen molar-refractivity contribution in [1.82, 2.24) is 9.97 Å². The number of aromatic nitrogens is 2. The number of benzene rings is 2. The van der Waals surface area contributed by atoms with Gasteiger partial charge < -0.3 is 10.1 Å². The van der Waals surface area contributed by atoms with Gasteiger partial charge >= 0.3 is 0 Å². The lowest BCUT2D eigenvalue weighted by molar-refractivity contribution is 0.460. The highest BCUT2D eigenvalue weighted by atomic mass is 35.5. The average Bonchev–Trinajstić information content (AvgIpc) is 2.57. The minimum absolute atomic E-state index is 0.314. The van der Waals surface area contributed by atoms with E-state index >= 15 is 0 Å². The number of hydrogen-bond acceptors (Lipinski definition) is 4. The molecule has 1 aromatic heterocycles. The first-order chi connectivity index (χ1) is 11.2. The number of anilines is 1. The smallest absolute Gasteiger partial charge is 0.226 e. The maximum atomic E-state index is 12.9. The highest BCUT2D eigenvalue weighted by Gasteiger charge is 2.02. The van der Waals surface area contributed by atoms with Crippen molar-refractivity contribution in [2.45, 2.75) is 6.54 Å². The molecule has 0 aliphatic heterocycles. The van der Waals surface area contributed by atoms with E-state index in [1.54, 1.807) is 12.3 Å². The van der Waals surface area contributed by atoms with Crippen LogP contribution in [0.3, 0.4) is 0 Å². The molecule has 2 aromatic carbocycles. The molecule has 0 radical (unpaired) electrons. The molecule has 116 valence electrons. The molecule has 4 nitrogen and oxygen atoms in total. The van der Waals surface area contributed by atoms with Gasteiger partial charge in [0.15, 0.2) is 0 Å². The summed E-state index contributed by atoms with van der Waals surface area (Å²) in [7, 11) is 0. The van der Waals surface area contributed by atoms with Gasteiger partial charge in [-0.1, -0.05) is 23.7 Å². The summed E-state index contributed by atoms with van der Waals surface area (Å²) in [5, 5.41) is 3.80. The average molecular weight is 330 g/mol. The van der Waals surface area contributed by atoms with Crippen LogP contribution in [-0.2, 0) is 6.54 Å². The summed E-state index contributed by atoms with van der Waals surface area (Å²) in [6, 6.07) is 14.9. The fourth-order valence-electron chi connectivity index (χ4n) is 1.89. The van der Waals surface area contributed by atoms with Gasteiger partial charge in [0, 0.05) is 23.8 Å². The fourth-order valence-corrected chi connectivity index (χ4v) is 2.02. The number of halogens is 2. The number of hydrogen-bond donors (Lipinski definition) is 1. The van der Waals surface area contributed by atoms with Gasteiger partial charge in [0.2, 0.25) is 11.8 Å². The third-order valence-electron chi connectivity index (χ3n) is 3.03. The SMILES string of the molecule is Fc1ccc(Oc2ccnc(NCc3ccc(Cl)cc3)n2)cc1. The van der Waals surface area contributed by atoms with Gasteiger partial charge in [0.05, 0.1) is 0 Å². The minimum atomic E-state index is -0.314. The second kappa shape index (κ2) is 7.07. The lowest BCUT2D eigenvalue weighted by Crippen LogP contribution is -2.03. The molecule has 6 heteroatoms. The monoisotopic (exact) mass is 329 g/mol. The molecule has 0 bridgehead atoms. The lowest BCUT2D eigenvalue weighted by atomic mass is 10.2. The van der Waals surface area contributed by atoms with Gasteiger partial charge in [-0.3, -0.25) is 0 Å². The third kappa shape index (κ3) is 4.40. The Labute approximate surface area is 137 Å². The van der Waals surface area contributed by atoms with E-state index in [0.29, 0.717) is 29.1 Å². The molecule has 0 saturated heterocycles. The van der Waals surface area contributed by atoms with Crippen molar-refractivity contribution in [3.8, 4) is 11.6 Å². The van der Waals surface area contributed by atoms with Crippen LogP contribution in [0.4, 0.5) is 10.3 Å². The van der Waals surface area contributed by atoms with Crippen LogP contribution in [0.5, 0.6) is 11.6 Å². The van der Waals surface area contributed by atoms with Crippen molar-refractivity contribution >= 4 is 17.5 Å². The van der Waals surface area contributed by atoms with E-state index in [0.717, 1.165) is 5.56 Å². The molecule has 0 aliphatic rings. The summed E-state index contributed by atoms with van der Waals surface area (Å²) < 4.78 is 18.4. The van der Waals surface area contributed by atoms with Crippen LogP contribution in [0, 0.1) is 5.82 Å². The first-order valence-electron chi connectivity index (χ1n) is 6.94. The number of nitrogens with one attached hydrogen (secondary N) is 1. The van der Waals surface area contributed by atoms with Gasteiger partial charge in [-0.2, -0.15) is 4.98 Å². The predicted molar refractivity (Wildman–Crippen MR) is 87.3 cm³/mol. The molecule has 0 saturated carbocycles. The van der Waals surface area contributed by atoms with E-state index in [1.807, 2.05) is 24.3 Å². The third-order valence-corrected chi connectivity index (χ3v) is 3.28. The maximum absolute atomic E-state index is 12.9. The molecular weight excluding hydrogens is 317 g/mol. The summed E-state index contributed by atoms with van der Waals surface area (Å²) in [5.74, 6) is 1.02. The van der Waals surface area contributed by atoms with E-state index in [9.17, 15) is 4.39 Å². The maximum Gasteiger partial charge on any atom is 0.226 e. The Morgan fingerprint density at radius 3 is 2.48 bits per heavy atom. The molecule has 0 amide bonds. The number of rotatable bonds is 5. The molecule has 0 fully saturated rings. The molecule has 3 aromatic rings. The highest BCUT2D eigenvalue weighted by molar-refractivity contribution is 6.30. The van der Waals surface area contributed by atoms with Gasteiger partial charge in [-0.15, -0.1) is 0 Å². The molecule has 3 rings (SSSR count). The molecular formula is C17H13ClFN3O. The number of ether oxygens (including phenoxy) is 1. The second-order valence-electron chi connectivity index (χ2n) is 4.75. The van der Waals surface area contributed by atoms with Gasteiger partial charge in [-0.25, -0.2) is 9.37 Å². The summed E-state index contributed by atoms with van der Waals surface area (Å²) >= 11 is 5.85. The summed E-state index contributed by atoms with van der Waals surface area (Å²) in [6.07, 6.45) is 1.59. The normalized spacial score (nSPS) is 10.3. The zero-order valence-corrected chi connectivity index (χ0v) is 12.8. The molecule has 1 N–H and O–H groups in total. The Morgan fingerprint density at radius 1 is 1.00 bits per heavy atom. The van der Waals surface area contributed by atoms with E-state index in [2.05, 4.69) is 15.3 Å². The van der Waals surface area contributed by atoms with Crippen LogP contribution in [0.1, 0.15) is 5.56 Å². The van der Waals surface area contributed by atoms with Gasteiger partial charge in [-0.05, 0) is 42.0 Å². The van der Waals surface area contributed by atoms with Crippen LogP contribution in [-0.4, -0.2) is 9.97 Å². The van der Waals surface area contributed by atoms with E-state index < -0.39 is 0 Å². The largest absolute Gasteiger partial charge is 0.439 e. The molecule has 0 unspecified atom stereocenters. The summed E-state index contributed by atoms with van der Waals surface area (Å²) in [6.45, 7) is 0.567. The second-order valence-corrected chi connectivity index (χ2v) is 5.19. The van der Waals surface area contributed by atoms with Gasteiger partial charge in [0.25, 0.3) is 0 Å². The first kappa shape index (κ1) is 15.2. The molecule has 0 aliphatic carbocycles. The van der Waals surface area contributed by atoms with Crippen LogP contribution >= 0.6 is 11.6 Å². The topological polar surface area (TPSA) is 47.0 Å². The van der Waals surface area contributed by atoms with Crippen LogP contribution < -0.4 is 10.1 Å². The Balaban J connectivity index is 1.65. The van der Waals surface area contributed by atoms with Crippen molar-refractivity contribution in [1.29, 1.82) is 0 Å². The van der Waals surface area contributed by atoms with E-state index in [4.69, 9.17) is 16.3 Å². The first-order valence-corrected chi connectivity index (χ1v) is 7.32.